The second kappa shape index (κ2) is 12.7. The van der Waals surface area contributed by atoms with Gasteiger partial charge in [0.1, 0.15) is 6.04 Å². The van der Waals surface area contributed by atoms with Crippen LogP contribution in [-0.2, 0) is 22.7 Å². The minimum Gasteiger partial charge on any atom is -0.371 e. The Balaban J connectivity index is 0.767. The topological polar surface area (TPSA) is 118 Å². The monoisotopic (exact) mass is 731 g/mol. The average molecular weight is 732 g/mol. The molecule has 4 fully saturated rings. The Morgan fingerprint density at radius 1 is 0.830 bits per heavy atom. The van der Waals surface area contributed by atoms with E-state index in [9.17, 15) is 24.0 Å². The Kier molecular flexibility index (Phi) is 8.05. The molecule has 1 spiro atoms. The molecule has 1 N–H and O–H groups in total. The van der Waals surface area contributed by atoms with E-state index in [1.165, 1.54) is 0 Å². The highest BCUT2D eigenvalue weighted by Gasteiger charge is 2.46. The number of hydrogen-bond acceptors (Lipinski definition) is 8. The summed E-state index contributed by atoms with van der Waals surface area (Å²) in [5.41, 5.74) is 6.20. The lowest BCUT2D eigenvalue weighted by Crippen LogP contribution is -2.59. The molecule has 0 aromatic heterocycles. The minimum absolute atomic E-state index is 0.0152. The molecule has 6 heterocycles. The predicted octanol–water partition coefficient (Wildman–Crippen LogP) is 4.63. The normalized spacial score (nSPS) is 22.6. The SMILES string of the molecule is [C-]#[N+]c1ccc(N2CCC3(CCN(c4ccc(C(=O)N5CC(N6Cc7cc8c(cc7C6)C(=O)N(C6CCC(=O)NC6=O)C8=O)C5)cc4)CC3)C2)cc1Cl. The van der Waals surface area contributed by atoms with Crippen LogP contribution in [0.25, 0.3) is 4.85 Å². The number of nitrogens with one attached hydrogen (secondary N) is 1. The van der Waals surface area contributed by atoms with Gasteiger partial charge >= 0.3 is 0 Å². The fourth-order valence-corrected chi connectivity index (χ4v) is 9.31. The van der Waals surface area contributed by atoms with Gasteiger partial charge in [0.15, 0.2) is 0 Å². The molecule has 53 heavy (non-hydrogen) atoms. The highest BCUT2D eigenvalue weighted by atomic mass is 35.5. The van der Waals surface area contributed by atoms with Crippen molar-refractivity contribution in [2.45, 2.75) is 57.3 Å². The van der Waals surface area contributed by atoms with Gasteiger partial charge in [0.2, 0.25) is 17.5 Å². The number of halogens is 1. The van der Waals surface area contributed by atoms with Gasteiger partial charge in [0.25, 0.3) is 17.7 Å². The lowest BCUT2D eigenvalue weighted by Gasteiger charge is -2.44. The van der Waals surface area contributed by atoms with E-state index in [-0.39, 0.29) is 30.2 Å². The van der Waals surface area contributed by atoms with Crippen LogP contribution >= 0.6 is 11.6 Å². The van der Waals surface area contributed by atoms with Crippen LogP contribution in [0.3, 0.4) is 0 Å². The van der Waals surface area contributed by atoms with Crippen molar-refractivity contribution in [2.24, 2.45) is 5.41 Å². The molecule has 3 aromatic rings. The van der Waals surface area contributed by atoms with Crippen LogP contribution in [0.5, 0.6) is 0 Å². The van der Waals surface area contributed by atoms with E-state index in [0.29, 0.717) is 53.6 Å². The van der Waals surface area contributed by atoms with Gasteiger partial charge in [-0.05, 0) is 90.8 Å². The first-order valence-corrected chi connectivity index (χ1v) is 18.7. The maximum absolute atomic E-state index is 13.4. The Morgan fingerprint density at radius 2 is 1.45 bits per heavy atom. The number of piperidine rings is 2. The van der Waals surface area contributed by atoms with Crippen LogP contribution in [0.4, 0.5) is 17.1 Å². The van der Waals surface area contributed by atoms with E-state index in [0.717, 1.165) is 72.8 Å². The molecule has 1 atom stereocenters. The first-order chi connectivity index (χ1) is 25.6. The van der Waals surface area contributed by atoms with Gasteiger partial charge in [-0.15, -0.1) is 0 Å². The molecule has 0 saturated carbocycles. The summed E-state index contributed by atoms with van der Waals surface area (Å²) in [6.07, 6.45) is 3.56. The Bertz CT molecular complexity index is 2090. The largest absolute Gasteiger partial charge is 0.371 e. The van der Waals surface area contributed by atoms with E-state index in [2.05, 4.69) is 37.0 Å². The van der Waals surface area contributed by atoms with Crippen molar-refractivity contribution in [3.63, 3.8) is 0 Å². The standard InChI is InChI=1S/C40H38ClN7O5/c1-42-33-7-6-28(18-32(33)41)45-15-12-40(23-45)10-13-44(14-11-40)27-4-2-24(3-5-27)37(51)47-21-29(22-47)46-19-25-16-30-31(17-26(25)20-46)39(53)48(38(30)52)34-8-9-35(49)43-36(34)50/h2-7,16-18,29,34H,8-15,19-23H2,(H,43,49,50). The number of likely N-dealkylation sites (tertiary alicyclic amines) is 1. The smallest absolute Gasteiger partial charge is 0.262 e. The van der Waals surface area contributed by atoms with Crippen LogP contribution in [0.1, 0.15) is 74.3 Å². The summed E-state index contributed by atoms with van der Waals surface area (Å²) in [6, 6.07) is 16.5. The van der Waals surface area contributed by atoms with Crippen LogP contribution in [0.15, 0.2) is 54.6 Å². The molecule has 12 nitrogen and oxygen atoms in total. The molecule has 270 valence electrons. The zero-order valence-corrected chi connectivity index (χ0v) is 29.9. The summed E-state index contributed by atoms with van der Waals surface area (Å²) >= 11 is 6.32. The van der Waals surface area contributed by atoms with E-state index in [1.807, 2.05) is 35.2 Å². The fraction of sp³-hybridized carbons (Fsp3) is 0.400. The molecule has 4 saturated heterocycles. The van der Waals surface area contributed by atoms with E-state index < -0.39 is 29.7 Å². The fourth-order valence-electron chi connectivity index (χ4n) is 9.09. The molecule has 0 aliphatic carbocycles. The number of carbonyl (C=O) groups is 5. The van der Waals surface area contributed by atoms with Crippen molar-refractivity contribution in [3.8, 4) is 0 Å². The molecular weight excluding hydrogens is 694 g/mol. The van der Waals surface area contributed by atoms with Gasteiger partial charge in [-0.2, -0.15) is 0 Å². The molecule has 6 aliphatic heterocycles. The van der Waals surface area contributed by atoms with Crippen molar-refractivity contribution in [1.82, 2.24) is 20.0 Å². The van der Waals surface area contributed by atoms with Crippen LogP contribution < -0.4 is 15.1 Å². The molecule has 13 heteroatoms. The number of benzene rings is 3. The molecule has 0 radical (unpaired) electrons. The number of hydrogen-bond donors (Lipinski definition) is 1. The summed E-state index contributed by atoms with van der Waals surface area (Å²) in [6.45, 7) is 13.6. The van der Waals surface area contributed by atoms with Crippen LogP contribution in [-0.4, -0.2) is 95.6 Å². The van der Waals surface area contributed by atoms with Crippen molar-refractivity contribution in [3.05, 3.63) is 98.9 Å². The number of amides is 5. The predicted molar refractivity (Wildman–Crippen MR) is 197 cm³/mol. The molecule has 9 rings (SSSR count). The molecule has 0 bridgehead atoms. The van der Waals surface area contributed by atoms with Crippen molar-refractivity contribution in [1.29, 1.82) is 0 Å². The van der Waals surface area contributed by atoms with E-state index >= 15 is 0 Å². The Labute approximate surface area is 312 Å². The number of carbonyl (C=O) groups excluding carboxylic acids is 5. The number of rotatable bonds is 5. The Morgan fingerprint density at radius 3 is 2.06 bits per heavy atom. The minimum atomic E-state index is -0.980. The first-order valence-electron chi connectivity index (χ1n) is 18.3. The maximum atomic E-state index is 13.4. The summed E-state index contributed by atoms with van der Waals surface area (Å²) in [7, 11) is 0. The van der Waals surface area contributed by atoms with Crippen LogP contribution in [0.2, 0.25) is 5.02 Å². The highest BCUT2D eigenvalue weighted by molar-refractivity contribution is 6.33. The molecular formula is C40H38ClN7O5. The second-order valence-corrected chi connectivity index (χ2v) is 15.7. The average Bonchev–Trinajstić information content (AvgIpc) is 3.81. The molecule has 1 unspecified atom stereocenters. The van der Waals surface area contributed by atoms with Gasteiger partial charge in [-0.25, -0.2) is 4.85 Å². The van der Waals surface area contributed by atoms with Crippen molar-refractivity contribution >= 4 is 58.2 Å². The highest BCUT2D eigenvalue weighted by Crippen LogP contribution is 2.44. The lowest BCUT2D eigenvalue weighted by molar-refractivity contribution is -0.136. The second-order valence-electron chi connectivity index (χ2n) is 15.3. The number of fused-ring (bicyclic) bond motifs is 2. The summed E-state index contributed by atoms with van der Waals surface area (Å²) in [5.74, 6) is -1.99. The van der Waals surface area contributed by atoms with Crippen molar-refractivity contribution in [2.75, 3.05) is 49.1 Å². The van der Waals surface area contributed by atoms with E-state index in [4.69, 9.17) is 18.2 Å². The number of imide groups is 2. The van der Waals surface area contributed by atoms with Gasteiger partial charge in [0.05, 0.1) is 17.7 Å². The maximum Gasteiger partial charge on any atom is 0.262 e. The van der Waals surface area contributed by atoms with Gasteiger partial charge in [0, 0.05) is 86.8 Å². The third-order valence-corrected chi connectivity index (χ3v) is 12.6. The Hall–Kier alpha value is -5.25. The molecule has 5 amide bonds. The number of nitrogens with zero attached hydrogens (tertiary/aromatic N) is 6. The molecule has 3 aromatic carbocycles. The van der Waals surface area contributed by atoms with Crippen molar-refractivity contribution < 1.29 is 24.0 Å². The van der Waals surface area contributed by atoms with Gasteiger partial charge in [-0.1, -0.05) is 17.7 Å². The quantitative estimate of drug-likeness (QED) is 0.299. The first kappa shape index (κ1) is 33.6. The van der Waals surface area contributed by atoms with E-state index in [1.54, 1.807) is 12.1 Å². The lowest BCUT2D eigenvalue weighted by atomic mass is 9.77. The summed E-state index contributed by atoms with van der Waals surface area (Å²) in [4.78, 5) is 77.4. The van der Waals surface area contributed by atoms with Gasteiger partial charge in [-0.3, -0.25) is 39.1 Å². The number of anilines is 2. The zero-order chi connectivity index (χ0) is 36.6. The summed E-state index contributed by atoms with van der Waals surface area (Å²) < 4.78 is 0. The summed E-state index contributed by atoms with van der Waals surface area (Å²) in [5, 5.41) is 2.74. The zero-order valence-electron chi connectivity index (χ0n) is 29.1. The molecule has 6 aliphatic rings. The third kappa shape index (κ3) is 5.74. The third-order valence-electron chi connectivity index (χ3n) is 12.3. The van der Waals surface area contributed by atoms with Gasteiger partial charge < -0.3 is 14.7 Å². The van der Waals surface area contributed by atoms with Crippen LogP contribution in [0, 0.1) is 12.0 Å².